The van der Waals surface area contributed by atoms with E-state index < -0.39 is 11.4 Å². The Morgan fingerprint density at radius 1 is 0.974 bits per heavy atom. The number of H-pyrrole nitrogens is 1. The lowest BCUT2D eigenvalue weighted by Crippen LogP contribution is -2.24. The summed E-state index contributed by atoms with van der Waals surface area (Å²) in [6.45, 7) is 7.70. The van der Waals surface area contributed by atoms with Crippen LogP contribution >= 0.6 is 0 Å². The van der Waals surface area contributed by atoms with E-state index in [1.165, 1.54) is 0 Å². The van der Waals surface area contributed by atoms with E-state index in [9.17, 15) is 14.4 Å². The van der Waals surface area contributed by atoms with Gasteiger partial charge in [-0.15, -0.1) is 4.74 Å². The van der Waals surface area contributed by atoms with Crippen molar-refractivity contribution in [2.24, 2.45) is 0 Å². The molecular formula is C30H33N3O6. The first-order chi connectivity index (χ1) is 18.8. The molecule has 0 aliphatic carbocycles. The number of nitrogens with zero attached hydrogens (tertiary/aromatic N) is 1. The monoisotopic (exact) mass is 531 g/mol. The average Bonchev–Trinajstić information content (AvgIpc) is 3.24. The molecule has 0 unspecified atom stereocenters. The van der Waals surface area contributed by atoms with Gasteiger partial charge in [-0.3, -0.25) is 4.79 Å². The van der Waals surface area contributed by atoms with Gasteiger partial charge in [0, 0.05) is 13.0 Å². The van der Waals surface area contributed by atoms with E-state index in [0.29, 0.717) is 31.9 Å². The van der Waals surface area contributed by atoms with Gasteiger partial charge in [0.25, 0.3) is 0 Å². The molecule has 1 aromatic heterocycles. The van der Waals surface area contributed by atoms with Crippen LogP contribution in [0.25, 0.3) is 11.1 Å². The molecule has 3 aromatic carbocycles. The summed E-state index contributed by atoms with van der Waals surface area (Å²) in [6, 6.07) is 19.6. The number of nitrogens with one attached hydrogen (secondary N) is 2. The minimum Gasteiger partial charge on any atom is -0.494 e. The second-order valence-electron chi connectivity index (χ2n) is 9.25. The molecule has 0 saturated carbocycles. The highest BCUT2D eigenvalue weighted by Gasteiger charge is 2.11. The van der Waals surface area contributed by atoms with Gasteiger partial charge in [-0.1, -0.05) is 43.3 Å². The number of carbonyl (C=O) groups is 1. The predicted octanol–water partition coefficient (Wildman–Crippen LogP) is 4.34. The molecule has 1 amide bonds. The number of amides is 1. The van der Waals surface area contributed by atoms with Crippen LogP contribution < -0.4 is 26.2 Å². The normalized spacial score (nSPS) is 10.8. The summed E-state index contributed by atoms with van der Waals surface area (Å²) < 4.78 is 17.7. The van der Waals surface area contributed by atoms with E-state index in [2.05, 4.69) is 42.3 Å². The van der Waals surface area contributed by atoms with Crippen molar-refractivity contribution in [2.75, 3.05) is 13.2 Å². The van der Waals surface area contributed by atoms with Gasteiger partial charge < -0.3 is 19.3 Å². The number of hydrogen-bond acceptors (Lipinski definition) is 6. The summed E-state index contributed by atoms with van der Waals surface area (Å²) in [7, 11) is 0. The Hall–Kier alpha value is -4.53. The largest absolute Gasteiger partial charge is 0.494 e. The number of aromatic amines is 1. The smallest absolute Gasteiger partial charge is 0.440 e. The van der Waals surface area contributed by atoms with Crippen molar-refractivity contribution < 1.29 is 18.8 Å². The molecule has 4 aromatic rings. The number of benzene rings is 3. The number of hydrogen-bond donors (Lipinski definition) is 2. The van der Waals surface area contributed by atoms with Gasteiger partial charge in [-0.2, -0.15) is 0 Å². The second kappa shape index (κ2) is 12.8. The Morgan fingerprint density at radius 2 is 1.74 bits per heavy atom. The van der Waals surface area contributed by atoms with E-state index in [4.69, 9.17) is 14.0 Å². The van der Waals surface area contributed by atoms with E-state index >= 15 is 0 Å². The zero-order chi connectivity index (χ0) is 27.8. The molecule has 204 valence electrons. The van der Waals surface area contributed by atoms with Gasteiger partial charge in [-0.05, 0) is 77.9 Å². The highest BCUT2D eigenvalue weighted by Crippen LogP contribution is 2.31. The SMILES string of the molecule is CCC(=O)NCCCOc1ccc(-c2cccc(COc3ccc(Cn4oc(=O)[nH]c4=O)cc3)c2C)c(C)c1. The Balaban J connectivity index is 1.36. The third-order valence-electron chi connectivity index (χ3n) is 6.44. The van der Waals surface area contributed by atoms with E-state index in [0.717, 1.165) is 50.3 Å². The lowest BCUT2D eigenvalue weighted by atomic mass is 9.94. The molecule has 9 nitrogen and oxygen atoms in total. The molecule has 0 fully saturated rings. The van der Waals surface area contributed by atoms with Crippen molar-refractivity contribution in [2.45, 2.75) is 46.8 Å². The summed E-state index contributed by atoms with van der Waals surface area (Å²) >= 11 is 0. The highest BCUT2D eigenvalue weighted by atomic mass is 16.5. The van der Waals surface area contributed by atoms with Crippen molar-refractivity contribution >= 4 is 5.91 Å². The molecule has 0 aliphatic heterocycles. The van der Waals surface area contributed by atoms with Crippen molar-refractivity contribution in [1.29, 1.82) is 0 Å². The van der Waals surface area contributed by atoms with Crippen LogP contribution in [0.4, 0.5) is 0 Å². The molecule has 0 bridgehead atoms. The molecule has 4 rings (SSSR count). The molecule has 39 heavy (non-hydrogen) atoms. The molecule has 0 aliphatic rings. The van der Waals surface area contributed by atoms with Crippen molar-refractivity contribution in [3.8, 4) is 22.6 Å². The number of carbonyl (C=O) groups excluding carboxylic acids is 1. The Labute approximate surface area is 226 Å². The van der Waals surface area contributed by atoms with Crippen LogP contribution in [0.5, 0.6) is 11.5 Å². The van der Waals surface area contributed by atoms with Gasteiger partial charge in [0.15, 0.2) is 0 Å². The fourth-order valence-electron chi connectivity index (χ4n) is 4.21. The topological polar surface area (TPSA) is 116 Å². The van der Waals surface area contributed by atoms with Crippen LogP contribution in [-0.2, 0) is 17.9 Å². The van der Waals surface area contributed by atoms with Crippen LogP contribution in [0.1, 0.15) is 42.0 Å². The summed E-state index contributed by atoms with van der Waals surface area (Å²) in [4.78, 5) is 36.2. The van der Waals surface area contributed by atoms with Gasteiger partial charge >= 0.3 is 11.4 Å². The minimum absolute atomic E-state index is 0.0518. The van der Waals surface area contributed by atoms with Gasteiger partial charge in [0.2, 0.25) is 5.91 Å². The first-order valence-electron chi connectivity index (χ1n) is 12.9. The van der Waals surface area contributed by atoms with Crippen LogP contribution in [-0.4, -0.2) is 28.8 Å². The zero-order valence-electron chi connectivity index (χ0n) is 22.4. The number of ether oxygens (including phenoxy) is 2. The molecule has 0 saturated heterocycles. The summed E-state index contributed by atoms with van der Waals surface area (Å²) in [5, 5.41) is 2.85. The minimum atomic E-state index is -0.775. The van der Waals surface area contributed by atoms with Crippen LogP contribution in [0.2, 0.25) is 0 Å². The quantitative estimate of drug-likeness (QED) is 0.263. The molecule has 9 heteroatoms. The van der Waals surface area contributed by atoms with Crippen LogP contribution in [0.15, 0.2) is 74.8 Å². The Kier molecular flexibility index (Phi) is 9.04. The van der Waals surface area contributed by atoms with Crippen molar-refractivity contribution in [3.63, 3.8) is 0 Å². The predicted molar refractivity (Wildman–Crippen MR) is 148 cm³/mol. The maximum atomic E-state index is 11.6. The number of aryl methyl sites for hydroxylation is 1. The highest BCUT2D eigenvalue weighted by molar-refractivity contribution is 5.75. The van der Waals surface area contributed by atoms with Crippen molar-refractivity contribution in [3.05, 3.63) is 104 Å². The fourth-order valence-corrected chi connectivity index (χ4v) is 4.21. The van der Waals surface area contributed by atoms with Crippen molar-refractivity contribution in [1.82, 2.24) is 15.0 Å². The lowest BCUT2D eigenvalue weighted by Gasteiger charge is -2.15. The summed E-state index contributed by atoms with van der Waals surface area (Å²) in [5.74, 6) is 0.777. The Morgan fingerprint density at radius 3 is 2.44 bits per heavy atom. The maximum Gasteiger partial charge on any atom is 0.440 e. The van der Waals surface area contributed by atoms with E-state index in [1.807, 2.05) is 49.4 Å². The first-order valence-corrected chi connectivity index (χ1v) is 12.9. The third-order valence-corrected chi connectivity index (χ3v) is 6.44. The van der Waals surface area contributed by atoms with Gasteiger partial charge in [0.05, 0.1) is 13.2 Å². The maximum absolute atomic E-state index is 11.6. The Bertz CT molecular complexity index is 1530. The van der Waals surface area contributed by atoms with Gasteiger partial charge in [-0.25, -0.2) is 14.6 Å². The molecule has 0 spiro atoms. The van der Waals surface area contributed by atoms with E-state index in [1.54, 1.807) is 0 Å². The number of rotatable bonds is 12. The summed E-state index contributed by atoms with van der Waals surface area (Å²) in [5.41, 5.74) is 5.81. The average molecular weight is 532 g/mol. The lowest BCUT2D eigenvalue weighted by molar-refractivity contribution is -0.120. The fraction of sp³-hybridized carbons (Fsp3) is 0.300. The molecule has 0 radical (unpaired) electrons. The van der Waals surface area contributed by atoms with Gasteiger partial charge in [0.1, 0.15) is 18.1 Å². The second-order valence-corrected chi connectivity index (χ2v) is 9.25. The standard InChI is InChI=1S/C30H33N3O6/c1-4-28(34)31-15-6-16-37-25-13-14-26(20(2)17-25)27-8-5-7-23(21(27)3)19-38-24-11-9-22(10-12-24)18-33-29(35)32-30(36)39-33/h5,7-14,17H,4,6,15-16,18-19H2,1-3H3,(H,31,34)(H,32,35,36). The molecule has 0 atom stereocenters. The zero-order valence-corrected chi connectivity index (χ0v) is 22.4. The molecule has 1 heterocycles. The third kappa shape index (κ3) is 7.28. The molecular weight excluding hydrogens is 498 g/mol. The summed E-state index contributed by atoms with van der Waals surface area (Å²) in [6.07, 6.45) is 1.24. The van der Waals surface area contributed by atoms with Crippen LogP contribution in [0.3, 0.4) is 0 Å². The van der Waals surface area contributed by atoms with E-state index in [-0.39, 0.29) is 12.5 Å². The number of aromatic nitrogens is 2. The van der Waals surface area contributed by atoms with Crippen LogP contribution in [0, 0.1) is 13.8 Å². The first kappa shape index (κ1) is 27.5. The molecule has 2 N–H and O–H groups in total.